The molecule has 1 N–H and O–H groups in total. The van der Waals surface area contributed by atoms with Gasteiger partial charge >= 0.3 is 0 Å². The predicted octanol–water partition coefficient (Wildman–Crippen LogP) is 5.77. The Kier molecular flexibility index (Phi) is 4.59. The summed E-state index contributed by atoms with van der Waals surface area (Å²) >= 11 is 0. The highest BCUT2D eigenvalue weighted by Gasteiger charge is 2.35. The molecule has 1 saturated heterocycles. The number of hydrogen-bond donors (Lipinski definition) is 1. The zero-order valence-electron chi connectivity index (χ0n) is 17.0. The van der Waals surface area contributed by atoms with E-state index in [1.807, 2.05) is 24.5 Å². The average Bonchev–Trinajstić information content (AvgIpc) is 3.33. The van der Waals surface area contributed by atoms with Gasteiger partial charge in [0.2, 0.25) is 0 Å². The van der Waals surface area contributed by atoms with Crippen LogP contribution in [-0.4, -0.2) is 34.0 Å². The van der Waals surface area contributed by atoms with Crippen molar-refractivity contribution in [2.75, 3.05) is 13.1 Å². The molecule has 148 valence electrons. The molecular formula is C25H26FN3. The van der Waals surface area contributed by atoms with E-state index < -0.39 is 0 Å². The second-order valence-electron chi connectivity index (χ2n) is 8.46. The molecule has 29 heavy (non-hydrogen) atoms. The van der Waals surface area contributed by atoms with Gasteiger partial charge in [-0.05, 0) is 78.8 Å². The van der Waals surface area contributed by atoms with Gasteiger partial charge in [0.05, 0.1) is 5.69 Å². The molecular weight excluding hydrogens is 361 g/mol. The highest BCUT2D eigenvalue weighted by molar-refractivity contribution is 5.92. The van der Waals surface area contributed by atoms with Crippen LogP contribution in [0.1, 0.15) is 32.3 Å². The number of hydrogen-bond acceptors (Lipinski definition) is 2. The molecule has 2 atom stereocenters. The Morgan fingerprint density at radius 2 is 1.83 bits per heavy atom. The van der Waals surface area contributed by atoms with Gasteiger partial charge in [-0.3, -0.25) is 9.88 Å². The Morgan fingerprint density at radius 3 is 2.59 bits per heavy atom. The maximum Gasteiger partial charge on any atom is 0.123 e. The van der Waals surface area contributed by atoms with E-state index in [0.717, 1.165) is 35.7 Å². The molecule has 0 aliphatic carbocycles. The van der Waals surface area contributed by atoms with Crippen LogP contribution < -0.4 is 0 Å². The molecule has 5 rings (SSSR count). The molecule has 2 aliphatic heterocycles. The zero-order valence-corrected chi connectivity index (χ0v) is 17.0. The minimum Gasteiger partial charge on any atom is -0.360 e. The summed E-state index contributed by atoms with van der Waals surface area (Å²) < 4.78 is 13.5. The molecule has 0 bridgehead atoms. The van der Waals surface area contributed by atoms with Gasteiger partial charge in [0, 0.05) is 48.8 Å². The second kappa shape index (κ2) is 7.27. The van der Waals surface area contributed by atoms with Gasteiger partial charge in [-0.15, -0.1) is 0 Å². The van der Waals surface area contributed by atoms with Crippen molar-refractivity contribution in [2.45, 2.75) is 32.7 Å². The van der Waals surface area contributed by atoms with E-state index in [1.54, 1.807) is 0 Å². The van der Waals surface area contributed by atoms with Crippen LogP contribution in [0.3, 0.4) is 0 Å². The maximum absolute atomic E-state index is 13.5. The third-order valence-corrected chi connectivity index (χ3v) is 6.54. The van der Waals surface area contributed by atoms with Crippen LogP contribution in [0.2, 0.25) is 0 Å². The molecule has 1 fully saturated rings. The lowest BCUT2D eigenvalue weighted by atomic mass is 9.86. The summed E-state index contributed by atoms with van der Waals surface area (Å²) in [7, 11) is 0. The van der Waals surface area contributed by atoms with E-state index in [-0.39, 0.29) is 5.82 Å². The number of pyridine rings is 1. The number of fused-ring (bicyclic) bond motifs is 1. The van der Waals surface area contributed by atoms with Crippen molar-refractivity contribution in [3.05, 3.63) is 71.9 Å². The van der Waals surface area contributed by atoms with Crippen LogP contribution in [0.25, 0.3) is 28.0 Å². The minimum absolute atomic E-state index is 0.215. The number of nitrogens with one attached hydrogen (secondary N) is 1. The van der Waals surface area contributed by atoms with Gasteiger partial charge in [-0.1, -0.05) is 12.5 Å². The first-order chi connectivity index (χ1) is 14.1. The molecule has 2 aromatic heterocycles. The van der Waals surface area contributed by atoms with Crippen molar-refractivity contribution in [3.63, 3.8) is 0 Å². The molecule has 4 heteroatoms. The van der Waals surface area contributed by atoms with Crippen molar-refractivity contribution in [3.8, 4) is 22.4 Å². The summed E-state index contributed by atoms with van der Waals surface area (Å²) in [6.07, 6.45) is 8.12. The van der Waals surface area contributed by atoms with Gasteiger partial charge in [0.1, 0.15) is 5.82 Å². The van der Waals surface area contributed by atoms with Crippen molar-refractivity contribution in [2.24, 2.45) is 5.92 Å². The minimum atomic E-state index is -0.215. The van der Waals surface area contributed by atoms with E-state index in [9.17, 15) is 4.39 Å². The lowest BCUT2D eigenvalue weighted by Gasteiger charge is -2.33. The van der Waals surface area contributed by atoms with Crippen LogP contribution in [0.4, 0.5) is 4.39 Å². The normalized spacial score (nSPS) is 22.2. The van der Waals surface area contributed by atoms with E-state index >= 15 is 0 Å². The summed E-state index contributed by atoms with van der Waals surface area (Å²) in [5.41, 5.74) is 8.58. The fourth-order valence-electron chi connectivity index (χ4n) is 5.15. The molecule has 2 unspecified atom stereocenters. The number of aromatic amines is 1. The monoisotopic (exact) mass is 387 g/mol. The van der Waals surface area contributed by atoms with Gasteiger partial charge in [0.15, 0.2) is 0 Å². The van der Waals surface area contributed by atoms with Crippen LogP contribution in [0, 0.1) is 11.7 Å². The molecule has 4 heterocycles. The molecule has 2 aliphatic rings. The highest BCUT2D eigenvalue weighted by Crippen LogP contribution is 2.43. The summed E-state index contributed by atoms with van der Waals surface area (Å²) in [5.74, 6) is 0.544. The number of H-pyrrole nitrogens is 1. The molecule has 0 spiro atoms. The number of nitrogens with zero attached hydrogens (tertiary/aromatic N) is 2. The van der Waals surface area contributed by atoms with Crippen molar-refractivity contribution >= 4 is 5.57 Å². The first-order valence-electron chi connectivity index (χ1n) is 10.4. The molecule has 1 aromatic carbocycles. The van der Waals surface area contributed by atoms with Crippen LogP contribution in [0.5, 0.6) is 0 Å². The van der Waals surface area contributed by atoms with Crippen LogP contribution in [-0.2, 0) is 0 Å². The number of rotatable bonds is 3. The van der Waals surface area contributed by atoms with E-state index in [4.69, 9.17) is 0 Å². The highest BCUT2D eigenvalue weighted by atomic mass is 19.1. The molecule has 0 radical (unpaired) electrons. The van der Waals surface area contributed by atoms with Gasteiger partial charge in [-0.25, -0.2) is 4.39 Å². The van der Waals surface area contributed by atoms with E-state index in [2.05, 4.69) is 47.0 Å². The van der Waals surface area contributed by atoms with Crippen molar-refractivity contribution < 1.29 is 4.39 Å². The SMILES string of the molecule is CC1=C(c2c[nH]c(-c3ccc(F)cc3)c2-c2ccncc2)CCN2CC(C)CC12. The van der Waals surface area contributed by atoms with Gasteiger partial charge < -0.3 is 4.98 Å². The second-order valence-corrected chi connectivity index (χ2v) is 8.46. The smallest absolute Gasteiger partial charge is 0.123 e. The summed E-state index contributed by atoms with van der Waals surface area (Å²) in [4.78, 5) is 10.3. The molecule has 0 saturated carbocycles. The van der Waals surface area contributed by atoms with Crippen LogP contribution in [0.15, 0.2) is 60.6 Å². The first kappa shape index (κ1) is 18.3. The average molecular weight is 388 g/mol. The summed E-state index contributed by atoms with van der Waals surface area (Å²) in [6.45, 7) is 7.00. The summed E-state index contributed by atoms with van der Waals surface area (Å²) in [6, 6.07) is 11.4. The number of benzene rings is 1. The van der Waals surface area contributed by atoms with Crippen LogP contribution >= 0.6 is 0 Å². The third kappa shape index (κ3) is 3.22. The standard InChI is InChI=1S/C25H26FN3/c1-16-13-23-17(2)21(9-12-29(23)15-16)22-14-28-25(19-3-5-20(26)6-4-19)24(22)18-7-10-27-11-8-18/h3-8,10-11,14,16,23,28H,9,12-13,15H2,1-2H3. The first-order valence-corrected chi connectivity index (χ1v) is 10.4. The lowest BCUT2D eigenvalue weighted by molar-refractivity contribution is 0.272. The Balaban J connectivity index is 1.67. The Bertz CT molecular complexity index is 1050. The fraction of sp³-hybridized carbons (Fsp3) is 0.320. The van der Waals surface area contributed by atoms with Gasteiger partial charge in [0.25, 0.3) is 0 Å². The van der Waals surface area contributed by atoms with E-state index in [0.29, 0.717) is 6.04 Å². The Hall–Kier alpha value is -2.72. The summed E-state index contributed by atoms with van der Waals surface area (Å²) in [5, 5.41) is 0. The Morgan fingerprint density at radius 1 is 1.07 bits per heavy atom. The lowest BCUT2D eigenvalue weighted by Crippen LogP contribution is -2.35. The maximum atomic E-state index is 13.5. The quantitative estimate of drug-likeness (QED) is 0.619. The Labute approximate surface area is 171 Å². The van der Waals surface area contributed by atoms with Crippen molar-refractivity contribution in [1.82, 2.24) is 14.9 Å². The topological polar surface area (TPSA) is 31.9 Å². The van der Waals surface area contributed by atoms with E-state index in [1.165, 1.54) is 47.4 Å². The molecule has 3 nitrogen and oxygen atoms in total. The molecule has 3 aromatic rings. The molecule has 0 amide bonds. The third-order valence-electron chi connectivity index (χ3n) is 6.54. The number of aromatic nitrogens is 2. The largest absolute Gasteiger partial charge is 0.360 e. The fourth-order valence-corrected chi connectivity index (χ4v) is 5.15. The van der Waals surface area contributed by atoms with Gasteiger partial charge in [-0.2, -0.15) is 0 Å². The number of halogens is 1. The predicted molar refractivity (Wildman–Crippen MR) is 116 cm³/mol. The zero-order chi connectivity index (χ0) is 20.0. The van der Waals surface area contributed by atoms with Crippen molar-refractivity contribution in [1.29, 1.82) is 0 Å².